The van der Waals surface area contributed by atoms with E-state index in [1.807, 2.05) is 68.4 Å². The zero-order chi connectivity index (χ0) is 36.4. The van der Waals surface area contributed by atoms with E-state index < -0.39 is 28.5 Å². The Labute approximate surface area is 307 Å². The second kappa shape index (κ2) is 17.6. The van der Waals surface area contributed by atoms with Crippen LogP contribution >= 0.6 is 27.5 Å². The topological polar surface area (TPSA) is 114 Å². The summed E-state index contributed by atoms with van der Waals surface area (Å²) in [6.45, 7) is 3.67. The van der Waals surface area contributed by atoms with Crippen LogP contribution in [0.25, 0.3) is 0 Å². The molecule has 50 heavy (non-hydrogen) atoms. The third-order valence-electron chi connectivity index (χ3n) is 7.83. The Hall–Kier alpha value is -4.26. The van der Waals surface area contributed by atoms with Gasteiger partial charge in [0, 0.05) is 35.1 Å². The van der Waals surface area contributed by atoms with Gasteiger partial charge in [0.05, 0.1) is 31.9 Å². The van der Waals surface area contributed by atoms with Gasteiger partial charge in [-0.3, -0.25) is 13.9 Å². The van der Waals surface area contributed by atoms with Crippen LogP contribution in [-0.2, 0) is 32.6 Å². The molecule has 0 aliphatic heterocycles. The third kappa shape index (κ3) is 9.70. The number of nitrogens with one attached hydrogen (secondary N) is 1. The van der Waals surface area contributed by atoms with Crippen molar-refractivity contribution in [1.82, 2.24) is 10.2 Å². The fourth-order valence-electron chi connectivity index (χ4n) is 5.28. The van der Waals surface area contributed by atoms with Gasteiger partial charge in [0.2, 0.25) is 11.8 Å². The van der Waals surface area contributed by atoms with Crippen LogP contribution in [0.4, 0.5) is 5.69 Å². The monoisotopic (exact) mass is 785 g/mol. The van der Waals surface area contributed by atoms with Crippen LogP contribution in [0.15, 0.2) is 100 Å². The molecular weight excluding hydrogens is 746 g/mol. The van der Waals surface area contributed by atoms with Crippen molar-refractivity contribution >= 4 is 55.1 Å². The van der Waals surface area contributed by atoms with Gasteiger partial charge in [-0.15, -0.1) is 0 Å². The summed E-state index contributed by atoms with van der Waals surface area (Å²) < 4.78 is 47.2. The molecule has 0 saturated heterocycles. The predicted octanol–water partition coefficient (Wildman–Crippen LogP) is 6.74. The van der Waals surface area contributed by atoms with Crippen molar-refractivity contribution in [3.05, 3.63) is 112 Å². The molecule has 2 amide bonds. The van der Waals surface area contributed by atoms with E-state index in [1.165, 1.54) is 56.6 Å². The molecule has 1 atom stereocenters. The molecule has 0 heterocycles. The van der Waals surface area contributed by atoms with Crippen molar-refractivity contribution < 1.29 is 32.2 Å². The lowest BCUT2D eigenvalue weighted by Gasteiger charge is -2.34. The van der Waals surface area contributed by atoms with Crippen molar-refractivity contribution in [2.24, 2.45) is 5.92 Å². The van der Waals surface area contributed by atoms with Crippen LogP contribution in [0.5, 0.6) is 17.2 Å². The summed E-state index contributed by atoms with van der Waals surface area (Å²) in [6, 6.07) is 24.4. The number of sulfonamides is 1. The molecular formula is C37H41BrClN3O7S. The summed E-state index contributed by atoms with van der Waals surface area (Å²) in [5.74, 6) is -0.162. The summed E-state index contributed by atoms with van der Waals surface area (Å²) in [5.41, 5.74) is 1.60. The molecule has 266 valence electrons. The van der Waals surface area contributed by atoms with Gasteiger partial charge in [-0.1, -0.05) is 83.8 Å². The van der Waals surface area contributed by atoms with Crippen molar-refractivity contribution in [3.63, 3.8) is 0 Å². The van der Waals surface area contributed by atoms with Gasteiger partial charge < -0.3 is 24.4 Å². The van der Waals surface area contributed by atoms with Crippen molar-refractivity contribution in [3.8, 4) is 17.2 Å². The zero-order valence-corrected chi connectivity index (χ0v) is 31.7. The summed E-state index contributed by atoms with van der Waals surface area (Å²) in [6.07, 6.45) is 0.188. The Balaban J connectivity index is 1.88. The molecule has 4 rings (SSSR count). The molecule has 4 aromatic carbocycles. The minimum Gasteiger partial charge on any atom is -0.495 e. The quantitative estimate of drug-likeness (QED) is 0.134. The maximum absolute atomic E-state index is 14.8. The van der Waals surface area contributed by atoms with E-state index >= 15 is 0 Å². The predicted molar refractivity (Wildman–Crippen MR) is 199 cm³/mol. The number of amides is 2. The summed E-state index contributed by atoms with van der Waals surface area (Å²) >= 11 is 9.90. The van der Waals surface area contributed by atoms with E-state index in [9.17, 15) is 18.0 Å². The number of benzene rings is 4. The molecule has 0 aromatic heterocycles. The van der Waals surface area contributed by atoms with E-state index in [0.717, 1.165) is 19.9 Å². The fraction of sp³-hybridized carbons (Fsp3) is 0.297. The second-order valence-electron chi connectivity index (χ2n) is 11.8. The minimum atomic E-state index is -4.49. The number of hydrogen-bond acceptors (Lipinski definition) is 7. The summed E-state index contributed by atoms with van der Waals surface area (Å²) in [7, 11) is -0.262. The van der Waals surface area contributed by atoms with Crippen LogP contribution in [-0.4, -0.2) is 65.6 Å². The maximum Gasteiger partial charge on any atom is 0.265 e. The molecule has 4 aromatic rings. The van der Waals surface area contributed by atoms with Gasteiger partial charge in [-0.2, -0.15) is 0 Å². The number of halogens is 2. The lowest BCUT2D eigenvalue weighted by Crippen LogP contribution is -2.53. The van der Waals surface area contributed by atoms with Gasteiger partial charge in [0.25, 0.3) is 10.0 Å². The Kier molecular flexibility index (Phi) is 13.6. The highest BCUT2D eigenvalue weighted by Crippen LogP contribution is 2.37. The first kappa shape index (κ1) is 38.5. The second-order valence-corrected chi connectivity index (χ2v) is 15.1. The van der Waals surface area contributed by atoms with Gasteiger partial charge in [-0.05, 0) is 59.5 Å². The van der Waals surface area contributed by atoms with Crippen LogP contribution in [0.1, 0.15) is 25.0 Å². The minimum absolute atomic E-state index is 0.0157. The molecule has 0 spiro atoms. The molecule has 0 radical (unpaired) electrons. The molecule has 0 aliphatic carbocycles. The lowest BCUT2D eigenvalue weighted by atomic mass is 10.0. The van der Waals surface area contributed by atoms with E-state index in [-0.39, 0.29) is 51.9 Å². The van der Waals surface area contributed by atoms with Gasteiger partial charge in [-0.25, -0.2) is 8.42 Å². The van der Waals surface area contributed by atoms with Gasteiger partial charge >= 0.3 is 0 Å². The highest BCUT2D eigenvalue weighted by Gasteiger charge is 2.36. The van der Waals surface area contributed by atoms with Crippen molar-refractivity contribution in [2.45, 2.75) is 37.8 Å². The van der Waals surface area contributed by atoms with Gasteiger partial charge in [0.1, 0.15) is 18.3 Å². The molecule has 0 fully saturated rings. The maximum atomic E-state index is 14.8. The first-order valence-electron chi connectivity index (χ1n) is 15.8. The van der Waals surface area contributed by atoms with Crippen molar-refractivity contribution in [1.29, 1.82) is 0 Å². The number of carbonyl (C=O) groups is 2. The van der Waals surface area contributed by atoms with E-state index in [1.54, 1.807) is 6.07 Å². The number of ether oxygens (including phenoxy) is 3. The fourth-order valence-corrected chi connectivity index (χ4v) is 7.33. The van der Waals surface area contributed by atoms with Crippen LogP contribution in [0, 0.1) is 5.92 Å². The third-order valence-corrected chi connectivity index (χ3v) is 10.3. The number of rotatable bonds is 16. The highest BCUT2D eigenvalue weighted by molar-refractivity contribution is 9.10. The normalized spacial score (nSPS) is 11.8. The van der Waals surface area contributed by atoms with Gasteiger partial charge in [0.15, 0.2) is 11.5 Å². The zero-order valence-electron chi connectivity index (χ0n) is 28.6. The first-order chi connectivity index (χ1) is 23.9. The number of hydrogen-bond donors (Lipinski definition) is 1. The molecule has 0 saturated carbocycles. The summed E-state index contributed by atoms with van der Waals surface area (Å²) in [4.78, 5) is 30.0. The molecule has 1 N–H and O–H groups in total. The Bertz CT molecular complexity index is 1890. The standard InChI is InChI=1S/C37H41BrClN3O7S/c1-25(2)22-40-37(44)32(19-26-10-7-6-8-11-26)41(23-27-12-9-13-28(38)18-27)36(43)24-42(31-20-29(39)14-16-33(31)47-3)50(45,46)30-15-17-34(48-4)35(21-30)49-5/h6-18,20-21,25,32H,19,22-24H2,1-5H3,(H,40,44). The molecule has 0 aliphatic rings. The molecule has 1 unspecified atom stereocenters. The lowest BCUT2D eigenvalue weighted by molar-refractivity contribution is -0.140. The number of anilines is 1. The molecule has 0 bridgehead atoms. The number of methoxy groups -OCH3 is 3. The Morgan fingerprint density at radius 2 is 1.48 bits per heavy atom. The highest BCUT2D eigenvalue weighted by atomic mass is 79.9. The van der Waals surface area contributed by atoms with E-state index in [2.05, 4.69) is 21.2 Å². The van der Waals surface area contributed by atoms with Crippen LogP contribution in [0.2, 0.25) is 5.02 Å². The van der Waals surface area contributed by atoms with Crippen LogP contribution in [0.3, 0.4) is 0 Å². The number of nitrogens with zero attached hydrogens (tertiary/aromatic N) is 2. The van der Waals surface area contributed by atoms with Crippen molar-refractivity contribution in [2.75, 3.05) is 38.7 Å². The van der Waals surface area contributed by atoms with E-state index in [4.69, 9.17) is 25.8 Å². The largest absolute Gasteiger partial charge is 0.495 e. The molecule has 13 heteroatoms. The summed E-state index contributed by atoms with van der Waals surface area (Å²) in [5, 5.41) is 3.21. The average molecular weight is 787 g/mol. The Morgan fingerprint density at radius 3 is 2.12 bits per heavy atom. The average Bonchev–Trinajstić information content (AvgIpc) is 3.10. The number of carbonyl (C=O) groups excluding carboxylic acids is 2. The van der Waals surface area contributed by atoms with Crippen LogP contribution < -0.4 is 23.8 Å². The Morgan fingerprint density at radius 1 is 0.820 bits per heavy atom. The molecule has 10 nitrogen and oxygen atoms in total. The SMILES string of the molecule is COc1ccc(S(=O)(=O)N(CC(=O)N(Cc2cccc(Br)c2)C(Cc2ccccc2)C(=O)NCC(C)C)c2cc(Cl)ccc2OC)cc1OC. The smallest absolute Gasteiger partial charge is 0.265 e. The van der Waals surface area contributed by atoms with E-state index in [0.29, 0.717) is 12.3 Å². The first-order valence-corrected chi connectivity index (χ1v) is 18.4.